The van der Waals surface area contributed by atoms with Crippen LogP contribution in [0.1, 0.15) is 44.1 Å². The van der Waals surface area contributed by atoms with Crippen LogP contribution in [-0.2, 0) is 11.3 Å². The first-order chi connectivity index (χ1) is 15.1. The molecule has 1 aromatic carbocycles. The molecule has 7 heteroatoms. The first-order valence-electron chi connectivity index (χ1n) is 11.8. The van der Waals surface area contributed by atoms with E-state index in [-0.39, 0.29) is 18.0 Å². The van der Waals surface area contributed by atoms with Gasteiger partial charge in [0.15, 0.2) is 0 Å². The lowest BCUT2D eigenvalue weighted by Gasteiger charge is -2.38. The molecule has 7 nitrogen and oxygen atoms in total. The van der Waals surface area contributed by atoms with Crippen LogP contribution in [-0.4, -0.2) is 67.6 Å². The van der Waals surface area contributed by atoms with Gasteiger partial charge in [-0.25, -0.2) is 4.79 Å². The number of carbonyl (C=O) groups excluding carboxylic acids is 2. The SMILES string of the molecule is COc1ccc(CNC(=O)NC2CCC(C(=O)N3CCN(CC4CC4)CC3)CC2)cc1. The maximum atomic E-state index is 12.9. The molecule has 2 aliphatic carbocycles. The molecular weight excluding hydrogens is 392 g/mol. The van der Waals surface area contributed by atoms with Gasteiger partial charge in [0.25, 0.3) is 0 Å². The monoisotopic (exact) mass is 428 g/mol. The Morgan fingerprint density at radius 2 is 1.65 bits per heavy atom. The van der Waals surface area contributed by atoms with Crippen LogP contribution in [0.2, 0.25) is 0 Å². The fraction of sp³-hybridized carbons (Fsp3) is 0.667. The number of nitrogens with one attached hydrogen (secondary N) is 2. The molecule has 2 saturated carbocycles. The molecule has 3 aliphatic rings. The van der Waals surface area contributed by atoms with Crippen LogP contribution in [0.25, 0.3) is 0 Å². The number of hydrogen-bond donors (Lipinski definition) is 2. The van der Waals surface area contributed by atoms with E-state index in [9.17, 15) is 9.59 Å². The number of hydrogen-bond acceptors (Lipinski definition) is 4. The first-order valence-corrected chi connectivity index (χ1v) is 11.8. The second-order valence-electron chi connectivity index (χ2n) is 9.29. The van der Waals surface area contributed by atoms with Gasteiger partial charge in [0.2, 0.25) is 5.91 Å². The Kier molecular flexibility index (Phi) is 7.33. The van der Waals surface area contributed by atoms with Gasteiger partial charge in [-0.05, 0) is 62.1 Å². The third kappa shape index (κ3) is 6.35. The fourth-order valence-electron chi connectivity index (χ4n) is 4.72. The van der Waals surface area contributed by atoms with Gasteiger partial charge in [0.1, 0.15) is 5.75 Å². The van der Waals surface area contributed by atoms with E-state index in [0.717, 1.165) is 69.1 Å². The molecule has 3 amide bonds. The maximum Gasteiger partial charge on any atom is 0.315 e. The Hall–Kier alpha value is -2.28. The normalized spacial score (nSPS) is 24.5. The van der Waals surface area contributed by atoms with Gasteiger partial charge < -0.3 is 20.3 Å². The summed E-state index contributed by atoms with van der Waals surface area (Å²) in [6, 6.07) is 7.68. The first kappa shape index (κ1) is 21.9. The lowest BCUT2D eigenvalue weighted by atomic mass is 9.85. The Bertz CT molecular complexity index is 734. The van der Waals surface area contributed by atoms with Gasteiger partial charge >= 0.3 is 6.03 Å². The minimum Gasteiger partial charge on any atom is -0.497 e. The molecule has 0 radical (unpaired) electrons. The number of benzene rings is 1. The summed E-state index contributed by atoms with van der Waals surface area (Å²) in [5.41, 5.74) is 1.03. The number of methoxy groups -OCH3 is 1. The molecule has 0 bridgehead atoms. The van der Waals surface area contributed by atoms with Crippen molar-refractivity contribution in [3.05, 3.63) is 29.8 Å². The summed E-state index contributed by atoms with van der Waals surface area (Å²) in [5.74, 6) is 2.17. The van der Waals surface area contributed by atoms with Crippen LogP contribution in [0, 0.1) is 11.8 Å². The van der Waals surface area contributed by atoms with Crippen molar-refractivity contribution >= 4 is 11.9 Å². The molecule has 31 heavy (non-hydrogen) atoms. The highest BCUT2D eigenvalue weighted by molar-refractivity contribution is 5.79. The molecule has 170 valence electrons. The van der Waals surface area contributed by atoms with Gasteiger partial charge in [-0.2, -0.15) is 0 Å². The average Bonchev–Trinajstić information content (AvgIpc) is 3.63. The molecule has 4 rings (SSSR count). The van der Waals surface area contributed by atoms with E-state index in [1.54, 1.807) is 7.11 Å². The zero-order valence-electron chi connectivity index (χ0n) is 18.6. The summed E-state index contributed by atoms with van der Waals surface area (Å²) in [4.78, 5) is 29.8. The van der Waals surface area contributed by atoms with E-state index in [2.05, 4.69) is 20.4 Å². The summed E-state index contributed by atoms with van der Waals surface area (Å²) < 4.78 is 5.15. The molecule has 0 atom stereocenters. The fourth-order valence-corrected chi connectivity index (χ4v) is 4.72. The third-order valence-electron chi connectivity index (χ3n) is 6.92. The van der Waals surface area contributed by atoms with E-state index in [4.69, 9.17) is 4.74 Å². The quantitative estimate of drug-likeness (QED) is 0.700. The van der Waals surface area contributed by atoms with Crippen molar-refractivity contribution in [2.24, 2.45) is 11.8 Å². The van der Waals surface area contributed by atoms with Crippen molar-refractivity contribution in [2.45, 2.75) is 51.1 Å². The highest BCUT2D eigenvalue weighted by Gasteiger charge is 2.32. The largest absolute Gasteiger partial charge is 0.497 e. The van der Waals surface area contributed by atoms with E-state index < -0.39 is 0 Å². The number of carbonyl (C=O) groups is 2. The van der Waals surface area contributed by atoms with Crippen molar-refractivity contribution in [1.29, 1.82) is 0 Å². The van der Waals surface area contributed by atoms with Gasteiger partial charge in [-0.3, -0.25) is 9.69 Å². The van der Waals surface area contributed by atoms with Gasteiger partial charge in [-0.15, -0.1) is 0 Å². The molecular formula is C24H36N4O3. The summed E-state index contributed by atoms with van der Waals surface area (Å²) in [7, 11) is 1.64. The van der Waals surface area contributed by atoms with Crippen LogP contribution >= 0.6 is 0 Å². The van der Waals surface area contributed by atoms with E-state index in [1.165, 1.54) is 19.4 Å². The highest BCUT2D eigenvalue weighted by Crippen LogP contribution is 2.30. The third-order valence-corrected chi connectivity index (χ3v) is 6.92. The Morgan fingerprint density at radius 1 is 0.968 bits per heavy atom. The topological polar surface area (TPSA) is 73.9 Å². The molecule has 0 unspecified atom stereocenters. The van der Waals surface area contributed by atoms with Crippen LogP contribution in [0.3, 0.4) is 0 Å². The lowest BCUT2D eigenvalue weighted by molar-refractivity contribution is -0.138. The number of piperazine rings is 1. The standard InChI is InChI=1S/C24H36N4O3/c1-31-22-10-4-18(5-11-22)16-25-24(30)26-21-8-6-20(7-9-21)23(29)28-14-12-27(13-15-28)17-19-2-3-19/h4-5,10-11,19-21H,2-3,6-9,12-17H2,1H3,(H2,25,26,30). The highest BCUT2D eigenvalue weighted by atomic mass is 16.5. The van der Waals surface area contributed by atoms with Crippen molar-refractivity contribution < 1.29 is 14.3 Å². The molecule has 3 fully saturated rings. The predicted molar refractivity (Wildman–Crippen MR) is 120 cm³/mol. The van der Waals surface area contributed by atoms with Gasteiger partial charge in [0, 0.05) is 51.2 Å². The maximum absolute atomic E-state index is 12.9. The van der Waals surface area contributed by atoms with Crippen LogP contribution in [0.15, 0.2) is 24.3 Å². The minimum absolute atomic E-state index is 0.121. The zero-order valence-corrected chi connectivity index (χ0v) is 18.6. The van der Waals surface area contributed by atoms with Crippen LogP contribution < -0.4 is 15.4 Å². The van der Waals surface area contributed by atoms with Crippen molar-refractivity contribution in [1.82, 2.24) is 20.4 Å². The van der Waals surface area contributed by atoms with E-state index in [0.29, 0.717) is 12.5 Å². The van der Waals surface area contributed by atoms with Crippen LogP contribution in [0.4, 0.5) is 4.79 Å². The second-order valence-corrected chi connectivity index (χ2v) is 9.29. The predicted octanol–water partition coefficient (Wildman–Crippen LogP) is 2.61. The molecule has 1 heterocycles. The number of nitrogens with zero attached hydrogens (tertiary/aromatic N) is 2. The van der Waals surface area contributed by atoms with Crippen molar-refractivity contribution in [2.75, 3.05) is 39.8 Å². The number of urea groups is 1. The zero-order chi connectivity index (χ0) is 21.6. The summed E-state index contributed by atoms with van der Waals surface area (Å²) >= 11 is 0. The molecule has 0 spiro atoms. The number of ether oxygens (including phenoxy) is 1. The minimum atomic E-state index is -0.141. The molecule has 1 aromatic rings. The van der Waals surface area contributed by atoms with Crippen molar-refractivity contribution in [3.63, 3.8) is 0 Å². The molecule has 1 saturated heterocycles. The van der Waals surface area contributed by atoms with Gasteiger partial charge in [-0.1, -0.05) is 12.1 Å². The van der Waals surface area contributed by atoms with Crippen molar-refractivity contribution in [3.8, 4) is 5.75 Å². The van der Waals surface area contributed by atoms with E-state index >= 15 is 0 Å². The summed E-state index contributed by atoms with van der Waals surface area (Å²) in [5, 5.41) is 5.99. The molecule has 2 N–H and O–H groups in total. The van der Waals surface area contributed by atoms with E-state index in [1.807, 2.05) is 24.3 Å². The van der Waals surface area contributed by atoms with Crippen LogP contribution in [0.5, 0.6) is 5.75 Å². The lowest BCUT2D eigenvalue weighted by Crippen LogP contribution is -2.51. The Morgan fingerprint density at radius 3 is 2.26 bits per heavy atom. The average molecular weight is 429 g/mol. The summed E-state index contributed by atoms with van der Waals surface area (Å²) in [6.45, 7) is 5.49. The smallest absolute Gasteiger partial charge is 0.315 e. The second kappa shape index (κ2) is 10.4. The van der Waals surface area contributed by atoms with Gasteiger partial charge in [0.05, 0.1) is 7.11 Å². The summed E-state index contributed by atoms with van der Waals surface area (Å²) in [6.07, 6.45) is 6.24. The number of amides is 3. The molecule has 1 aliphatic heterocycles. The molecule has 0 aromatic heterocycles. The Labute approximate surface area is 185 Å². The Balaban J connectivity index is 1.13. The number of rotatable bonds is 7.